The first kappa shape index (κ1) is 23.4. The van der Waals surface area contributed by atoms with Gasteiger partial charge in [0.15, 0.2) is 0 Å². The van der Waals surface area contributed by atoms with E-state index in [9.17, 15) is 19.2 Å². The summed E-state index contributed by atoms with van der Waals surface area (Å²) in [6.45, 7) is 0. The van der Waals surface area contributed by atoms with Gasteiger partial charge in [-0.3, -0.25) is 19.4 Å². The summed E-state index contributed by atoms with van der Waals surface area (Å²) in [5.41, 5.74) is 6.59. The van der Waals surface area contributed by atoms with Crippen LogP contribution in [0.2, 0.25) is 5.02 Å². The molecule has 8 nitrogen and oxygen atoms in total. The number of carboxylic acid groups (broad SMARTS) is 1. The Kier molecular flexibility index (Phi) is 7.00. The van der Waals surface area contributed by atoms with Crippen molar-refractivity contribution in [3.8, 4) is 0 Å². The highest BCUT2D eigenvalue weighted by Gasteiger charge is 2.33. The second-order valence-electron chi connectivity index (χ2n) is 6.94. The third-order valence-electron chi connectivity index (χ3n) is 4.75. The molecule has 0 atom stereocenters. The second kappa shape index (κ2) is 9.88. The zero-order chi connectivity index (χ0) is 24.1. The van der Waals surface area contributed by atoms with Crippen LogP contribution in [0.4, 0.5) is 5.69 Å². The lowest BCUT2D eigenvalue weighted by Gasteiger charge is -2.26. The number of aromatic nitrogens is 1. The number of carboxylic acids is 1. The molecule has 4 rings (SSSR count). The van der Waals surface area contributed by atoms with Crippen LogP contribution in [0.1, 0.15) is 36.6 Å². The van der Waals surface area contributed by atoms with Crippen molar-refractivity contribution in [1.29, 1.82) is 0 Å². The molecule has 0 aliphatic carbocycles. The summed E-state index contributed by atoms with van der Waals surface area (Å²) in [5.74, 6) is -2.50. The van der Waals surface area contributed by atoms with E-state index >= 15 is 0 Å². The van der Waals surface area contributed by atoms with E-state index < -0.39 is 23.6 Å². The van der Waals surface area contributed by atoms with E-state index in [2.05, 4.69) is 4.98 Å². The summed E-state index contributed by atoms with van der Waals surface area (Å²) in [4.78, 5) is 51.8. The van der Waals surface area contributed by atoms with Gasteiger partial charge in [0.25, 0.3) is 5.91 Å². The van der Waals surface area contributed by atoms with Gasteiger partial charge in [-0.25, -0.2) is 4.79 Å². The van der Waals surface area contributed by atoms with Gasteiger partial charge in [0.2, 0.25) is 11.7 Å². The van der Waals surface area contributed by atoms with Crippen molar-refractivity contribution in [1.82, 2.24) is 4.98 Å². The Hall–Kier alpha value is -4.30. The zero-order valence-corrected chi connectivity index (χ0v) is 18.1. The monoisotopic (exact) mass is 463 g/mol. The van der Waals surface area contributed by atoms with Crippen molar-refractivity contribution in [3.05, 3.63) is 99.8 Å². The molecule has 1 aliphatic rings. The zero-order valence-electron chi connectivity index (χ0n) is 17.4. The first-order valence-electron chi connectivity index (χ1n) is 9.56. The van der Waals surface area contributed by atoms with Gasteiger partial charge in [-0.05, 0) is 54.1 Å². The van der Waals surface area contributed by atoms with E-state index in [0.29, 0.717) is 21.8 Å². The van der Waals surface area contributed by atoms with Crippen LogP contribution in [-0.2, 0) is 4.79 Å². The molecule has 3 N–H and O–H groups in total. The quantitative estimate of drug-likeness (QED) is 0.451. The molecule has 1 aromatic heterocycles. The number of fused-ring (bicyclic) bond motifs is 1. The second-order valence-corrected chi connectivity index (χ2v) is 7.38. The highest BCUT2D eigenvalue weighted by Crippen LogP contribution is 2.31. The van der Waals surface area contributed by atoms with Gasteiger partial charge in [0.1, 0.15) is 0 Å². The molecule has 33 heavy (non-hydrogen) atoms. The number of primary amides is 1. The minimum Gasteiger partial charge on any atom is -0.478 e. The predicted molar refractivity (Wildman–Crippen MR) is 123 cm³/mol. The number of aromatic carboxylic acids is 1. The lowest BCUT2D eigenvalue weighted by molar-refractivity contribution is -0.114. The molecule has 2 aromatic carbocycles. The molecule has 0 saturated carbocycles. The fraction of sp³-hybridized carbons (Fsp3) is 0.0417. The van der Waals surface area contributed by atoms with E-state index in [1.165, 1.54) is 41.6 Å². The summed E-state index contributed by atoms with van der Waals surface area (Å²) in [5, 5.41) is 9.59. The highest BCUT2D eigenvalue weighted by atomic mass is 35.5. The van der Waals surface area contributed by atoms with Gasteiger partial charge in [-0.15, -0.1) is 0 Å². The highest BCUT2D eigenvalue weighted by molar-refractivity contribution is 6.37. The first-order valence-corrected chi connectivity index (χ1v) is 9.94. The molecular weight excluding hydrogens is 446 g/mol. The molecule has 9 heteroatoms. The number of nitrogens with zero attached hydrogens (tertiary/aromatic N) is 2. The maximum Gasteiger partial charge on any atom is 0.335 e. The number of amides is 2. The maximum absolute atomic E-state index is 12.7. The fourth-order valence-corrected chi connectivity index (χ4v) is 3.28. The van der Waals surface area contributed by atoms with Crippen molar-refractivity contribution >= 4 is 46.9 Å². The van der Waals surface area contributed by atoms with Crippen LogP contribution >= 0.6 is 11.6 Å². The minimum atomic E-state index is -1.13. The van der Waals surface area contributed by atoms with Crippen LogP contribution in [0.3, 0.4) is 0 Å². The number of halogens is 1. The van der Waals surface area contributed by atoms with Crippen molar-refractivity contribution in [2.24, 2.45) is 5.73 Å². The number of benzene rings is 2. The molecule has 0 radical (unpaired) electrons. The molecule has 3 aromatic rings. The number of carbonyl (C=O) groups is 4. The van der Waals surface area contributed by atoms with Crippen molar-refractivity contribution in [2.45, 2.75) is 0 Å². The van der Waals surface area contributed by atoms with E-state index in [0.717, 1.165) is 0 Å². The molecule has 2 amide bonds. The van der Waals surface area contributed by atoms with E-state index in [-0.39, 0.29) is 16.7 Å². The van der Waals surface area contributed by atoms with Crippen LogP contribution in [0.15, 0.2) is 72.6 Å². The summed E-state index contributed by atoms with van der Waals surface area (Å²) in [6, 6.07) is 14.0. The maximum atomic E-state index is 12.7. The fourth-order valence-electron chi connectivity index (χ4n) is 3.08. The number of ketones is 1. The SMILES string of the molecule is CN1C(=O)/C(=C/c2cccc(Cl)c2)C(=O)c2cc(C(=O)O)ccc21.NC(=O)c1ccncc1. The average molecular weight is 464 g/mol. The summed E-state index contributed by atoms with van der Waals surface area (Å²) in [6.07, 6.45) is 4.52. The van der Waals surface area contributed by atoms with Crippen LogP contribution in [0.25, 0.3) is 6.08 Å². The number of carbonyl (C=O) groups excluding carboxylic acids is 3. The normalized spacial score (nSPS) is 13.8. The molecule has 0 bridgehead atoms. The first-order chi connectivity index (χ1) is 15.7. The Morgan fingerprint density at radius 3 is 2.30 bits per heavy atom. The van der Waals surface area contributed by atoms with Gasteiger partial charge in [-0.1, -0.05) is 23.7 Å². The lowest BCUT2D eigenvalue weighted by Crippen LogP contribution is -2.36. The van der Waals surface area contributed by atoms with Crippen LogP contribution in [-0.4, -0.2) is 40.7 Å². The molecular formula is C24H18ClN3O5. The molecule has 0 unspecified atom stereocenters. The lowest BCUT2D eigenvalue weighted by atomic mass is 9.92. The topological polar surface area (TPSA) is 131 Å². The Morgan fingerprint density at radius 1 is 1.03 bits per heavy atom. The largest absolute Gasteiger partial charge is 0.478 e. The molecule has 0 saturated heterocycles. The van der Waals surface area contributed by atoms with Gasteiger partial charge in [0, 0.05) is 35.6 Å². The molecule has 0 fully saturated rings. The van der Waals surface area contributed by atoms with Gasteiger partial charge in [-0.2, -0.15) is 0 Å². The Labute approximate surface area is 193 Å². The summed E-state index contributed by atoms with van der Waals surface area (Å²) in [7, 11) is 1.54. The van der Waals surface area contributed by atoms with Crippen LogP contribution in [0, 0.1) is 0 Å². The van der Waals surface area contributed by atoms with Crippen molar-refractivity contribution in [3.63, 3.8) is 0 Å². The number of Topliss-reactive ketones (excluding diaryl/α,β-unsaturated/α-hetero) is 1. The van der Waals surface area contributed by atoms with Gasteiger partial charge in [0.05, 0.1) is 16.8 Å². The van der Waals surface area contributed by atoms with E-state index in [4.69, 9.17) is 22.4 Å². The molecule has 166 valence electrons. The molecule has 0 spiro atoms. The summed E-state index contributed by atoms with van der Waals surface area (Å²) >= 11 is 5.93. The van der Waals surface area contributed by atoms with Crippen molar-refractivity contribution < 1.29 is 24.3 Å². The number of anilines is 1. The smallest absolute Gasteiger partial charge is 0.335 e. The Bertz CT molecular complexity index is 1290. The number of rotatable bonds is 3. The molecule has 2 heterocycles. The standard InChI is InChI=1S/C18H12ClNO4.C6H6N2O/c1-20-15-6-5-11(18(23)24)9-13(15)16(21)14(17(20)22)8-10-3-2-4-12(19)7-10;7-6(9)5-1-3-8-4-2-5/h2-9H,1H3,(H,23,24);1-4H,(H2,7,9)/b14-8+;. The number of hydrogen-bond donors (Lipinski definition) is 2. The minimum absolute atomic E-state index is 0.00745. The number of hydrogen-bond acceptors (Lipinski definition) is 5. The Balaban J connectivity index is 0.000000286. The average Bonchev–Trinajstić information content (AvgIpc) is 2.81. The third-order valence-corrected chi connectivity index (χ3v) is 4.99. The van der Waals surface area contributed by atoms with Crippen LogP contribution < -0.4 is 10.6 Å². The number of likely N-dealkylation sites (N-methyl/N-ethyl adjacent to an activating group) is 1. The number of nitrogens with two attached hydrogens (primary N) is 1. The predicted octanol–water partition coefficient (Wildman–Crippen LogP) is 3.46. The van der Waals surface area contributed by atoms with Crippen LogP contribution in [0.5, 0.6) is 0 Å². The van der Waals surface area contributed by atoms with E-state index in [1.54, 1.807) is 43.4 Å². The summed E-state index contributed by atoms with van der Waals surface area (Å²) < 4.78 is 0. The Morgan fingerprint density at radius 2 is 1.73 bits per heavy atom. The third kappa shape index (κ3) is 5.31. The van der Waals surface area contributed by atoms with Gasteiger partial charge >= 0.3 is 5.97 Å². The van der Waals surface area contributed by atoms with Gasteiger partial charge < -0.3 is 15.7 Å². The van der Waals surface area contributed by atoms with E-state index in [1.807, 2.05) is 0 Å². The van der Waals surface area contributed by atoms with Crippen molar-refractivity contribution in [2.75, 3.05) is 11.9 Å². The number of pyridine rings is 1. The molecule has 1 aliphatic heterocycles.